The molecule has 2 heterocycles. The second kappa shape index (κ2) is 7.06. The van der Waals surface area contributed by atoms with Crippen LogP contribution in [-0.2, 0) is 20.0 Å². The van der Waals surface area contributed by atoms with E-state index in [1.807, 2.05) is 13.0 Å². The fourth-order valence-electron chi connectivity index (χ4n) is 3.17. The number of hydrogen-bond acceptors (Lipinski definition) is 4. The molecule has 1 aliphatic rings. The SMILES string of the molecule is CC(CN1CCc2ccccc2C1)NC(=O)c1cn(C)c(=O)[nH]c1=O. The summed E-state index contributed by atoms with van der Waals surface area (Å²) in [6.07, 6.45) is 2.26. The molecule has 0 fully saturated rings. The van der Waals surface area contributed by atoms with Crippen molar-refractivity contribution in [3.8, 4) is 0 Å². The van der Waals surface area contributed by atoms with E-state index in [1.54, 1.807) is 0 Å². The third kappa shape index (κ3) is 3.88. The Labute approximate surface area is 145 Å². The molecule has 1 aliphatic heterocycles. The first-order chi connectivity index (χ1) is 11.9. The molecule has 25 heavy (non-hydrogen) atoms. The maximum atomic E-state index is 12.3. The van der Waals surface area contributed by atoms with Crippen LogP contribution in [0.4, 0.5) is 0 Å². The predicted octanol–water partition coefficient (Wildman–Crippen LogP) is 0.250. The monoisotopic (exact) mass is 342 g/mol. The Morgan fingerprint density at radius 2 is 2.00 bits per heavy atom. The summed E-state index contributed by atoms with van der Waals surface area (Å²) in [5.74, 6) is -0.471. The van der Waals surface area contributed by atoms with Crippen molar-refractivity contribution in [3.63, 3.8) is 0 Å². The van der Waals surface area contributed by atoms with Crippen molar-refractivity contribution >= 4 is 5.91 Å². The van der Waals surface area contributed by atoms with Gasteiger partial charge in [-0.05, 0) is 24.5 Å². The highest BCUT2D eigenvalue weighted by Gasteiger charge is 2.20. The largest absolute Gasteiger partial charge is 0.348 e. The molecule has 0 saturated carbocycles. The van der Waals surface area contributed by atoms with E-state index in [-0.39, 0.29) is 11.6 Å². The molecule has 1 aromatic carbocycles. The zero-order valence-corrected chi connectivity index (χ0v) is 14.4. The van der Waals surface area contributed by atoms with Gasteiger partial charge in [-0.1, -0.05) is 24.3 Å². The first kappa shape index (κ1) is 17.2. The molecule has 7 heteroatoms. The molecule has 0 saturated heterocycles. The number of aromatic nitrogens is 2. The van der Waals surface area contributed by atoms with Crippen molar-refractivity contribution < 1.29 is 4.79 Å². The number of aromatic amines is 1. The molecule has 0 aliphatic carbocycles. The van der Waals surface area contributed by atoms with Gasteiger partial charge in [-0.25, -0.2) is 4.79 Å². The number of H-pyrrole nitrogens is 1. The molecular weight excluding hydrogens is 320 g/mol. The van der Waals surface area contributed by atoms with Gasteiger partial charge in [-0.15, -0.1) is 0 Å². The summed E-state index contributed by atoms with van der Waals surface area (Å²) in [6.45, 7) is 4.41. The smallest absolute Gasteiger partial charge is 0.328 e. The number of benzene rings is 1. The zero-order chi connectivity index (χ0) is 18.0. The highest BCUT2D eigenvalue weighted by atomic mass is 16.2. The molecule has 1 aromatic heterocycles. The highest BCUT2D eigenvalue weighted by Crippen LogP contribution is 2.18. The molecule has 0 radical (unpaired) electrons. The van der Waals surface area contributed by atoms with Crippen molar-refractivity contribution in [2.24, 2.45) is 7.05 Å². The van der Waals surface area contributed by atoms with Crippen molar-refractivity contribution in [1.82, 2.24) is 19.8 Å². The van der Waals surface area contributed by atoms with Gasteiger partial charge in [0.1, 0.15) is 5.56 Å². The van der Waals surface area contributed by atoms with Gasteiger partial charge in [0.15, 0.2) is 0 Å². The minimum Gasteiger partial charge on any atom is -0.348 e. The molecule has 1 atom stereocenters. The third-order valence-corrected chi connectivity index (χ3v) is 4.47. The van der Waals surface area contributed by atoms with Gasteiger partial charge in [-0.2, -0.15) is 0 Å². The van der Waals surface area contributed by atoms with Crippen LogP contribution in [-0.4, -0.2) is 39.5 Å². The Morgan fingerprint density at radius 3 is 2.76 bits per heavy atom. The summed E-state index contributed by atoms with van der Waals surface area (Å²) in [5, 5.41) is 2.84. The number of aryl methyl sites for hydroxylation is 1. The van der Waals surface area contributed by atoms with Gasteiger partial charge in [0.2, 0.25) is 0 Å². The summed E-state index contributed by atoms with van der Waals surface area (Å²) in [7, 11) is 1.49. The van der Waals surface area contributed by atoms with Crippen LogP contribution < -0.4 is 16.6 Å². The van der Waals surface area contributed by atoms with Gasteiger partial charge in [-0.3, -0.25) is 19.5 Å². The number of nitrogens with zero attached hydrogens (tertiary/aromatic N) is 2. The van der Waals surface area contributed by atoms with Crippen LogP contribution in [0.5, 0.6) is 0 Å². The Balaban J connectivity index is 1.62. The van der Waals surface area contributed by atoms with Crippen molar-refractivity contribution in [3.05, 3.63) is 68.0 Å². The van der Waals surface area contributed by atoms with Gasteiger partial charge in [0, 0.05) is 38.9 Å². The van der Waals surface area contributed by atoms with Crippen molar-refractivity contribution in [2.45, 2.75) is 25.9 Å². The second-order valence-corrected chi connectivity index (χ2v) is 6.54. The zero-order valence-electron chi connectivity index (χ0n) is 14.4. The Morgan fingerprint density at radius 1 is 1.28 bits per heavy atom. The molecular formula is C18H22N4O3. The highest BCUT2D eigenvalue weighted by molar-refractivity contribution is 5.93. The summed E-state index contributed by atoms with van der Waals surface area (Å²) < 4.78 is 1.18. The molecule has 3 rings (SSSR count). The Bertz CT molecular complexity index is 900. The topological polar surface area (TPSA) is 87.2 Å². The summed E-state index contributed by atoms with van der Waals surface area (Å²) in [6, 6.07) is 8.27. The third-order valence-electron chi connectivity index (χ3n) is 4.47. The molecule has 132 valence electrons. The van der Waals surface area contributed by atoms with E-state index in [1.165, 1.54) is 28.9 Å². The number of carbonyl (C=O) groups is 1. The van der Waals surface area contributed by atoms with Crippen LogP contribution in [0.3, 0.4) is 0 Å². The average molecular weight is 342 g/mol. The van der Waals surface area contributed by atoms with E-state index in [9.17, 15) is 14.4 Å². The normalized spacial score (nSPS) is 15.4. The lowest BCUT2D eigenvalue weighted by molar-refractivity contribution is 0.0924. The van der Waals surface area contributed by atoms with Crippen molar-refractivity contribution in [2.75, 3.05) is 13.1 Å². The van der Waals surface area contributed by atoms with Gasteiger partial charge in [0.25, 0.3) is 11.5 Å². The lowest BCUT2D eigenvalue weighted by Crippen LogP contribution is -2.45. The number of nitrogens with one attached hydrogen (secondary N) is 2. The second-order valence-electron chi connectivity index (χ2n) is 6.54. The predicted molar refractivity (Wildman–Crippen MR) is 94.7 cm³/mol. The van der Waals surface area contributed by atoms with E-state index in [0.29, 0.717) is 6.54 Å². The number of carbonyl (C=O) groups excluding carboxylic acids is 1. The quantitative estimate of drug-likeness (QED) is 0.834. The molecule has 7 nitrogen and oxygen atoms in total. The Kier molecular flexibility index (Phi) is 4.85. The van der Waals surface area contributed by atoms with E-state index in [0.717, 1.165) is 19.5 Å². The van der Waals surface area contributed by atoms with Crippen LogP contribution >= 0.6 is 0 Å². The standard InChI is InChI=1S/C18H22N4O3/c1-12(9-22-8-7-13-5-3-4-6-14(13)10-22)19-16(23)15-11-21(2)18(25)20-17(15)24/h3-6,11-12H,7-10H2,1-2H3,(H,19,23)(H,20,24,25). The Hall–Kier alpha value is -2.67. The average Bonchev–Trinajstić information content (AvgIpc) is 2.57. The van der Waals surface area contributed by atoms with Gasteiger partial charge < -0.3 is 9.88 Å². The first-order valence-corrected chi connectivity index (χ1v) is 8.34. The number of rotatable bonds is 4. The molecule has 2 N–H and O–H groups in total. The van der Waals surface area contributed by atoms with Crippen LogP contribution in [0.25, 0.3) is 0 Å². The van der Waals surface area contributed by atoms with Gasteiger partial charge in [0.05, 0.1) is 0 Å². The number of hydrogen-bond donors (Lipinski definition) is 2. The fourth-order valence-corrected chi connectivity index (χ4v) is 3.17. The van der Waals surface area contributed by atoms with E-state index in [4.69, 9.17) is 0 Å². The maximum Gasteiger partial charge on any atom is 0.328 e. The minimum atomic E-state index is -0.667. The molecule has 1 unspecified atom stereocenters. The maximum absolute atomic E-state index is 12.3. The van der Waals surface area contributed by atoms with E-state index >= 15 is 0 Å². The summed E-state index contributed by atoms with van der Waals surface area (Å²) >= 11 is 0. The molecule has 2 aromatic rings. The number of fused-ring (bicyclic) bond motifs is 1. The first-order valence-electron chi connectivity index (χ1n) is 8.34. The minimum absolute atomic E-state index is 0.0575. The summed E-state index contributed by atoms with van der Waals surface area (Å²) in [4.78, 5) is 39.9. The van der Waals surface area contributed by atoms with E-state index < -0.39 is 17.2 Å². The van der Waals surface area contributed by atoms with Crippen molar-refractivity contribution in [1.29, 1.82) is 0 Å². The van der Waals surface area contributed by atoms with Crippen LogP contribution in [0.1, 0.15) is 28.4 Å². The number of amides is 1. The van der Waals surface area contributed by atoms with Crippen LogP contribution in [0.2, 0.25) is 0 Å². The lowest BCUT2D eigenvalue weighted by Gasteiger charge is -2.31. The lowest BCUT2D eigenvalue weighted by atomic mass is 10.00. The fraction of sp³-hybridized carbons (Fsp3) is 0.389. The van der Waals surface area contributed by atoms with Crippen LogP contribution in [0.15, 0.2) is 40.1 Å². The molecule has 1 amide bonds. The molecule has 0 spiro atoms. The summed E-state index contributed by atoms with van der Waals surface area (Å²) in [5.41, 5.74) is 1.44. The van der Waals surface area contributed by atoms with Gasteiger partial charge >= 0.3 is 5.69 Å². The van der Waals surface area contributed by atoms with E-state index in [2.05, 4.69) is 33.4 Å². The molecule has 0 bridgehead atoms. The van der Waals surface area contributed by atoms with Crippen LogP contribution in [0, 0.1) is 0 Å².